The highest BCUT2D eigenvalue weighted by atomic mass is 35.5. The average molecular weight is 347 g/mol. The lowest BCUT2D eigenvalue weighted by molar-refractivity contribution is 0.108. The molecule has 122 valence electrons. The van der Waals surface area contributed by atoms with E-state index in [0.717, 1.165) is 32.7 Å². The second-order valence-corrected chi connectivity index (χ2v) is 6.19. The van der Waals surface area contributed by atoms with Crippen molar-refractivity contribution in [1.29, 1.82) is 0 Å². The molecule has 4 aromatic carbocycles. The highest BCUT2D eigenvalue weighted by molar-refractivity contribution is 6.68. The standard InChI is InChI=1S/C22H15ClO2/c1-25-19-13-11-15-7-3-5-9-17(15)21(19)20-16-8-4-2-6-14(16)10-12-18(20)22(23)24/h2-13H,1H3. The third-order valence-electron chi connectivity index (χ3n) is 4.50. The maximum atomic E-state index is 12.1. The Morgan fingerprint density at radius 2 is 1.32 bits per heavy atom. The van der Waals surface area contributed by atoms with Crippen molar-refractivity contribution in [2.75, 3.05) is 7.11 Å². The van der Waals surface area contributed by atoms with Gasteiger partial charge in [-0.15, -0.1) is 0 Å². The van der Waals surface area contributed by atoms with Crippen molar-refractivity contribution in [2.45, 2.75) is 0 Å². The van der Waals surface area contributed by atoms with E-state index in [1.54, 1.807) is 13.2 Å². The molecule has 0 aliphatic rings. The first-order valence-electron chi connectivity index (χ1n) is 7.98. The summed E-state index contributed by atoms with van der Waals surface area (Å²) in [6.45, 7) is 0. The van der Waals surface area contributed by atoms with Crippen LogP contribution in [0.5, 0.6) is 5.75 Å². The Bertz CT molecular complexity index is 1120. The van der Waals surface area contributed by atoms with Crippen LogP contribution in [-0.2, 0) is 0 Å². The van der Waals surface area contributed by atoms with Crippen molar-refractivity contribution in [1.82, 2.24) is 0 Å². The Balaban J connectivity index is 2.24. The van der Waals surface area contributed by atoms with Crippen LogP contribution < -0.4 is 4.74 Å². The predicted molar refractivity (Wildman–Crippen MR) is 104 cm³/mol. The first-order valence-corrected chi connectivity index (χ1v) is 8.36. The third kappa shape index (κ3) is 2.55. The van der Waals surface area contributed by atoms with E-state index in [2.05, 4.69) is 0 Å². The van der Waals surface area contributed by atoms with Gasteiger partial charge in [0.1, 0.15) is 5.75 Å². The SMILES string of the molecule is COc1ccc2ccccc2c1-c1c(C(=O)Cl)ccc2ccccc12. The van der Waals surface area contributed by atoms with Gasteiger partial charge in [-0.25, -0.2) is 0 Å². The van der Waals surface area contributed by atoms with Crippen molar-refractivity contribution >= 4 is 38.4 Å². The molecule has 3 heteroatoms. The van der Waals surface area contributed by atoms with Gasteiger partial charge in [0.05, 0.1) is 7.11 Å². The molecule has 2 nitrogen and oxygen atoms in total. The molecule has 0 N–H and O–H groups in total. The fraction of sp³-hybridized carbons (Fsp3) is 0.0455. The zero-order valence-corrected chi connectivity index (χ0v) is 14.4. The lowest BCUT2D eigenvalue weighted by atomic mass is 9.90. The van der Waals surface area contributed by atoms with Gasteiger partial charge in [0.2, 0.25) is 0 Å². The summed E-state index contributed by atoms with van der Waals surface area (Å²) >= 11 is 5.93. The number of hydrogen-bond donors (Lipinski definition) is 0. The minimum atomic E-state index is -0.476. The van der Waals surface area contributed by atoms with E-state index >= 15 is 0 Å². The number of rotatable bonds is 3. The fourth-order valence-corrected chi connectivity index (χ4v) is 3.54. The van der Waals surface area contributed by atoms with Crippen LogP contribution in [0.4, 0.5) is 0 Å². The molecule has 4 aromatic rings. The first-order chi connectivity index (χ1) is 12.2. The molecule has 0 heterocycles. The lowest BCUT2D eigenvalue weighted by Crippen LogP contribution is -1.98. The van der Waals surface area contributed by atoms with E-state index in [1.807, 2.05) is 66.7 Å². The molecule has 0 atom stereocenters. The van der Waals surface area contributed by atoms with E-state index in [1.165, 1.54) is 0 Å². The lowest BCUT2D eigenvalue weighted by Gasteiger charge is -2.17. The highest BCUT2D eigenvalue weighted by Crippen LogP contribution is 2.42. The Labute approximate surface area is 150 Å². The topological polar surface area (TPSA) is 26.3 Å². The minimum Gasteiger partial charge on any atom is -0.496 e. The van der Waals surface area contributed by atoms with Crippen LogP contribution in [0.15, 0.2) is 72.8 Å². The molecule has 0 spiro atoms. The van der Waals surface area contributed by atoms with E-state index in [-0.39, 0.29) is 0 Å². The van der Waals surface area contributed by atoms with Crippen molar-refractivity contribution < 1.29 is 9.53 Å². The van der Waals surface area contributed by atoms with Gasteiger partial charge in [0, 0.05) is 16.7 Å². The van der Waals surface area contributed by atoms with Crippen molar-refractivity contribution in [2.24, 2.45) is 0 Å². The molecule has 0 amide bonds. The number of carbonyl (C=O) groups is 1. The van der Waals surface area contributed by atoms with Gasteiger partial charge in [-0.1, -0.05) is 60.7 Å². The molecular weight excluding hydrogens is 332 g/mol. The van der Waals surface area contributed by atoms with E-state index < -0.39 is 5.24 Å². The predicted octanol–water partition coefficient (Wildman–Crippen LogP) is 6.05. The maximum Gasteiger partial charge on any atom is 0.253 e. The number of fused-ring (bicyclic) bond motifs is 2. The van der Waals surface area contributed by atoms with Gasteiger partial charge in [-0.3, -0.25) is 4.79 Å². The number of methoxy groups -OCH3 is 1. The van der Waals surface area contributed by atoms with Gasteiger partial charge in [-0.05, 0) is 45.3 Å². The van der Waals surface area contributed by atoms with Crippen molar-refractivity contribution in [3.63, 3.8) is 0 Å². The number of ether oxygens (including phenoxy) is 1. The summed E-state index contributed by atoms with van der Waals surface area (Å²) in [6.07, 6.45) is 0. The van der Waals surface area contributed by atoms with Gasteiger partial charge in [0.15, 0.2) is 0 Å². The fourth-order valence-electron chi connectivity index (χ4n) is 3.38. The van der Waals surface area contributed by atoms with Gasteiger partial charge in [-0.2, -0.15) is 0 Å². The molecule has 4 rings (SSSR count). The molecular formula is C22H15ClO2. The number of carbonyl (C=O) groups excluding carboxylic acids is 1. The highest BCUT2D eigenvalue weighted by Gasteiger charge is 2.19. The monoisotopic (exact) mass is 346 g/mol. The molecule has 0 radical (unpaired) electrons. The second-order valence-electron chi connectivity index (χ2n) is 5.85. The summed E-state index contributed by atoms with van der Waals surface area (Å²) in [6, 6.07) is 23.7. The molecule has 0 unspecified atom stereocenters. The molecule has 0 aromatic heterocycles. The zero-order chi connectivity index (χ0) is 17.4. The minimum absolute atomic E-state index is 0.476. The van der Waals surface area contributed by atoms with E-state index in [4.69, 9.17) is 16.3 Å². The summed E-state index contributed by atoms with van der Waals surface area (Å²) in [5, 5.41) is 3.66. The maximum absolute atomic E-state index is 12.1. The third-order valence-corrected chi connectivity index (χ3v) is 4.71. The zero-order valence-electron chi connectivity index (χ0n) is 13.6. The van der Waals surface area contributed by atoms with Gasteiger partial charge >= 0.3 is 0 Å². The number of benzene rings is 4. The Morgan fingerprint density at radius 3 is 1.92 bits per heavy atom. The van der Waals surface area contributed by atoms with E-state index in [0.29, 0.717) is 11.3 Å². The average Bonchev–Trinajstić information content (AvgIpc) is 2.66. The van der Waals surface area contributed by atoms with Crippen LogP contribution >= 0.6 is 11.6 Å². The molecule has 0 bridgehead atoms. The molecule has 0 aliphatic heterocycles. The second kappa shape index (κ2) is 6.23. The van der Waals surface area contributed by atoms with Crippen LogP contribution in [0.1, 0.15) is 10.4 Å². The number of halogens is 1. The summed E-state index contributed by atoms with van der Waals surface area (Å²) in [7, 11) is 1.64. The summed E-state index contributed by atoms with van der Waals surface area (Å²) in [5.41, 5.74) is 2.18. The Hall–Kier alpha value is -2.84. The number of hydrogen-bond acceptors (Lipinski definition) is 2. The summed E-state index contributed by atoms with van der Waals surface area (Å²) in [4.78, 5) is 12.1. The first kappa shape index (κ1) is 15.7. The van der Waals surface area contributed by atoms with Crippen LogP contribution in [-0.4, -0.2) is 12.4 Å². The van der Waals surface area contributed by atoms with Crippen LogP contribution in [0.25, 0.3) is 32.7 Å². The van der Waals surface area contributed by atoms with Gasteiger partial charge in [0.25, 0.3) is 5.24 Å². The van der Waals surface area contributed by atoms with E-state index in [9.17, 15) is 4.79 Å². The smallest absolute Gasteiger partial charge is 0.253 e. The van der Waals surface area contributed by atoms with Crippen LogP contribution in [0.3, 0.4) is 0 Å². The van der Waals surface area contributed by atoms with Crippen LogP contribution in [0, 0.1) is 0 Å². The molecule has 0 saturated carbocycles. The molecule has 25 heavy (non-hydrogen) atoms. The summed E-state index contributed by atoms with van der Waals surface area (Å²) < 4.78 is 5.64. The largest absolute Gasteiger partial charge is 0.496 e. The molecule has 0 saturated heterocycles. The van der Waals surface area contributed by atoms with Crippen LogP contribution in [0.2, 0.25) is 0 Å². The van der Waals surface area contributed by atoms with Gasteiger partial charge < -0.3 is 4.74 Å². The molecule has 0 aliphatic carbocycles. The Kier molecular flexibility index (Phi) is 3.90. The van der Waals surface area contributed by atoms with Crippen molar-refractivity contribution in [3.8, 4) is 16.9 Å². The normalized spacial score (nSPS) is 11.0. The van der Waals surface area contributed by atoms with Crippen molar-refractivity contribution in [3.05, 3.63) is 78.4 Å². The quantitative estimate of drug-likeness (QED) is 0.422. The molecule has 0 fully saturated rings. The Morgan fingerprint density at radius 1 is 0.760 bits per heavy atom. The summed E-state index contributed by atoms with van der Waals surface area (Å²) in [5.74, 6) is 0.717.